The molecule has 4 aliphatic rings. The van der Waals surface area contributed by atoms with Gasteiger partial charge in [0.2, 0.25) is 0 Å². The molecule has 0 radical (unpaired) electrons. The number of aldehydes is 1. The van der Waals surface area contributed by atoms with Crippen LogP contribution < -0.4 is 0 Å². The summed E-state index contributed by atoms with van der Waals surface area (Å²) in [6, 6.07) is 0.740. The average molecular weight is 436 g/mol. The molecule has 2 heterocycles. The molecule has 0 N–H and O–H groups in total. The minimum Gasteiger partial charge on any atom is -0.456 e. The Kier molecular flexibility index (Phi) is 7.06. The number of esters is 1. The monoisotopic (exact) mass is 435 g/mol. The molecule has 7 heteroatoms. The number of nitrogens with zero attached hydrogens (tertiary/aromatic N) is 3. The van der Waals surface area contributed by atoms with Crippen LogP contribution in [-0.4, -0.2) is 89.8 Å². The number of hydrogen-bond acceptors (Lipinski definition) is 7. The standard InChI is InChI=1S/C24H41N3O4/c1-23(2,3)31-22(29)24(26-12-4-5-13-26,30-21-10-6-19(18-28)7-11-21)27-16-14-25(15-17-27)20-8-9-20/h18-21H,4-17H2,1-3H3. The smallest absolute Gasteiger partial charge is 0.371 e. The molecule has 1 atom stereocenters. The van der Waals surface area contributed by atoms with E-state index in [2.05, 4.69) is 14.7 Å². The highest BCUT2D eigenvalue weighted by atomic mass is 16.6. The summed E-state index contributed by atoms with van der Waals surface area (Å²) in [7, 11) is 0. The Hall–Kier alpha value is -1.02. The summed E-state index contributed by atoms with van der Waals surface area (Å²) in [5, 5.41) is 0. The quantitative estimate of drug-likeness (QED) is 0.450. The van der Waals surface area contributed by atoms with E-state index in [0.717, 1.165) is 90.1 Å². The van der Waals surface area contributed by atoms with Gasteiger partial charge in [-0.25, -0.2) is 4.79 Å². The van der Waals surface area contributed by atoms with E-state index in [1.807, 2.05) is 20.8 Å². The zero-order valence-corrected chi connectivity index (χ0v) is 19.7. The Labute approximate surface area is 187 Å². The number of carbonyl (C=O) groups excluding carboxylic acids is 2. The lowest BCUT2D eigenvalue weighted by molar-refractivity contribution is -0.281. The molecule has 7 nitrogen and oxygen atoms in total. The van der Waals surface area contributed by atoms with Crippen LogP contribution in [0.2, 0.25) is 0 Å². The molecule has 2 aliphatic heterocycles. The highest BCUT2D eigenvalue weighted by Gasteiger charge is 2.56. The predicted molar refractivity (Wildman–Crippen MR) is 118 cm³/mol. The molecule has 0 aromatic heterocycles. The number of ether oxygens (including phenoxy) is 2. The lowest BCUT2D eigenvalue weighted by Gasteiger charge is -2.51. The zero-order valence-electron chi connectivity index (χ0n) is 19.7. The minimum absolute atomic E-state index is 0.0224. The van der Waals surface area contributed by atoms with Gasteiger partial charge in [0, 0.05) is 51.2 Å². The first-order valence-corrected chi connectivity index (χ1v) is 12.4. The maximum absolute atomic E-state index is 13.9. The van der Waals surface area contributed by atoms with Gasteiger partial charge in [-0.05, 0) is 72.1 Å². The summed E-state index contributed by atoms with van der Waals surface area (Å²) in [5.41, 5.74) is -0.573. The number of carbonyl (C=O) groups is 2. The van der Waals surface area contributed by atoms with E-state index in [4.69, 9.17) is 9.47 Å². The van der Waals surface area contributed by atoms with Crippen LogP contribution in [0.3, 0.4) is 0 Å². The molecule has 4 rings (SSSR count). The maximum atomic E-state index is 13.9. The normalized spacial score (nSPS) is 31.3. The Morgan fingerprint density at radius 1 is 0.839 bits per heavy atom. The van der Waals surface area contributed by atoms with Crippen molar-refractivity contribution in [2.45, 2.75) is 95.7 Å². The first-order valence-electron chi connectivity index (χ1n) is 12.4. The van der Waals surface area contributed by atoms with Crippen molar-refractivity contribution in [2.24, 2.45) is 5.92 Å². The van der Waals surface area contributed by atoms with Crippen molar-refractivity contribution in [3.8, 4) is 0 Å². The highest BCUT2D eigenvalue weighted by Crippen LogP contribution is 2.37. The van der Waals surface area contributed by atoms with Crippen LogP contribution in [0.5, 0.6) is 0 Å². The van der Waals surface area contributed by atoms with Crippen LogP contribution in [0.4, 0.5) is 0 Å². The van der Waals surface area contributed by atoms with Gasteiger partial charge in [-0.2, -0.15) is 0 Å². The lowest BCUT2D eigenvalue weighted by Crippen LogP contribution is -2.71. The van der Waals surface area contributed by atoms with Gasteiger partial charge in [-0.1, -0.05) is 0 Å². The largest absolute Gasteiger partial charge is 0.456 e. The number of likely N-dealkylation sites (tertiary alicyclic amines) is 1. The van der Waals surface area contributed by atoms with Crippen LogP contribution in [0.15, 0.2) is 0 Å². The second-order valence-corrected chi connectivity index (χ2v) is 10.8. The first kappa shape index (κ1) is 23.1. The molecule has 31 heavy (non-hydrogen) atoms. The van der Waals surface area contributed by atoms with Gasteiger partial charge in [-0.15, -0.1) is 0 Å². The molecule has 0 spiro atoms. The van der Waals surface area contributed by atoms with Crippen LogP contribution >= 0.6 is 0 Å². The van der Waals surface area contributed by atoms with Crippen LogP contribution in [0.25, 0.3) is 0 Å². The highest BCUT2D eigenvalue weighted by molar-refractivity contribution is 5.79. The predicted octanol–water partition coefficient (Wildman–Crippen LogP) is 2.63. The second kappa shape index (κ2) is 9.46. The average Bonchev–Trinajstić information content (AvgIpc) is 3.45. The van der Waals surface area contributed by atoms with Crippen molar-refractivity contribution in [3.63, 3.8) is 0 Å². The maximum Gasteiger partial charge on any atom is 0.371 e. The fourth-order valence-electron chi connectivity index (χ4n) is 5.42. The molecule has 176 valence electrons. The van der Waals surface area contributed by atoms with Crippen LogP contribution in [0.1, 0.15) is 72.1 Å². The SMILES string of the molecule is CC(C)(C)OC(=O)C(OC1CCC(C=O)CC1)(N1CCCC1)N1CCN(C2CC2)CC1. The van der Waals surface area contributed by atoms with Crippen molar-refractivity contribution in [1.82, 2.24) is 14.7 Å². The molecule has 2 saturated carbocycles. The van der Waals surface area contributed by atoms with E-state index in [9.17, 15) is 9.59 Å². The lowest BCUT2D eigenvalue weighted by atomic mass is 9.88. The van der Waals surface area contributed by atoms with Gasteiger partial charge < -0.3 is 14.3 Å². The number of piperazine rings is 1. The van der Waals surface area contributed by atoms with Crippen molar-refractivity contribution in [2.75, 3.05) is 39.3 Å². The minimum atomic E-state index is -1.15. The van der Waals surface area contributed by atoms with E-state index in [0.29, 0.717) is 0 Å². The fraction of sp³-hybridized carbons (Fsp3) is 0.917. The van der Waals surface area contributed by atoms with Gasteiger partial charge in [-0.3, -0.25) is 14.7 Å². The van der Waals surface area contributed by atoms with E-state index in [-0.39, 0.29) is 18.0 Å². The van der Waals surface area contributed by atoms with Crippen LogP contribution in [-0.2, 0) is 19.1 Å². The molecule has 0 bridgehead atoms. The Balaban J connectivity index is 1.59. The summed E-state index contributed by atoms with van der Waals surface area (Å²) in [6.07, 6.45) is 9.15. The van der Waals surface area contributed by atoms with Gasteiger partial charge >= 0.3 is 5.97 Å². The van der Waals surface area contributed by atoms with E-state index in [1.165, 1.54) is 12.8 Å². The van der Waals surface area contributed by atoms with Crippen molar-refractivity contribution in [1.29, 1.82) is 0 Å². The molecule has 2 saturated heterocycles. The van der Waals surface area contributed by atoms with Gasteiger partial charge in [0.1, 0.15) is 11.9 Å². The summed E-state index contributed by atoms with van der Waals surface area (Å²) in [4.78, 5) is 32.2. The van der Waals surface area contributed by atoms with Crippen LogP contribution in [0, 0.1) is 5.92 Å². The molecule has 0 amide bonds. The Bertz CT molecular complexity index is 625. The molecule has 0 aromatic carbocycles. The van der Waals surface area contributed by atoms with E-state index >= 15 is 0 Å². The summed E-state index contributed by atoms with van der Waals surface area (Å²) in [6.45, 7) is 11.1. The molecule has 1 unspecified atom stereocenters. The topological polar surface area (TPSA) is 62.3 Å². The zero-order chi connectivity index (χ0) is 22.1. The third kappa shape index (κ3) is 5.32. The first-order chi connectivity index (χ1) is 14.8. The van der Waals surface area contributed by atoms with Crippen molar-refractivity contribution >= 4 is 12.3 Å². The van der Waals surface area contributed by atoms with Crippen molar-refractivity contribution < 1.29 is 19.1 Å². The Morgan fingerprint density at radius 3 is 1.94 bits per heavy atom. The third-order valence-corrected chi connectivity index (χ3v) is 7.25. The molecular formula is C24H41N3O4. The molecule has 4 fully saturated rings. The second-order valence-electron chi connectivity index (χ2n) is 10.8. The van der Waals surface area contributed by atoms with Crippen molar-refractivity contribution in [3.05, 3.63) is 0 Å². The molecule has 2 aliphatic carbocycles. The van der Waals surface area contributed by atoms with Gasteiger partial charge in [0.25, 0.3) is 5.85 Å². The Morgan fingerprint density at radius 2 is 1.42 bits per heavy atom. The summed E-state index contributed by atoms with van der Waals surface area (Å²) >= 11 is 0. The van der Waals surface area contributed by atoms with E-state index in [1.54, 1.807) is 0 Å². The van der Waals surface area contributed by atoms with Gasteiger partial charge in [0.15, 0.2) is 0 Å². The third-order valence-electron chi connectivity index (χ3n) is 7.25. The molecular weight excluding hydrogens is 394 g/mol. The van der Waals surface area contributed by atoms with Gasteiger partial charge in [0.05, 0.1) is 6.10 Å². The van der Waals surface area contributed by atoms with E-state index < -0.39 is 11.4 Å². The molecule has 0 aromatic rings. The fourth-order valence-corrected chi connectivity index (χ4v) is 5.42. The number of rotatable bonds is 7. The number of hydrogen-bond donors (Lipinski definition) is 0. The summed E-state index contributed by atoms with van der Waals surface area (Å²) < 4.78 is 12.9. The summed E-state index contributed by atoms with van der Waals surface area (Å²) in [5.74, 6) is -1.29.